The van der Waals surface area contributed by atoms with Crippen LogP contribution in [-0.2, 0) is 0 Å². The molecule has 0 aromatic carbocycles. The average Bonchev–Trinajstić information content (AvgIpc) is 2.96. The Morgan fingerprint density at radius 2 is 2.00 bits per heavy atom. The van der Waals surface area contributed by atoms with Gasteiger partial charge < -0.3 is 15.5 Å². The van der Waals surface area contributed by atoms with Gasteiger partial charge in [-0.25, -0.2) is 0 Å². The van der Waals surface area contributed by atoms with Crippen LogP contribution < -0.4 is 10.6 Å². The maximum Gasteiger partial charge on any atom is 0.166 e. The second-order valence-electron chi connectivity index (χ2n) is 6.08. The summed E-state index contributed by atoms with van der Waals surface area (Å²) in [7, 11) is 0. The average molecular weight is 269 g/mol. The number of nitrogens with zero attached hydrogens (tertiary/aromatic N) is 1. The van der Waals surface area contributed by atoms with Crippen molar-refractivity contribution in [3.8, 4) is 0 Å². The predicted octanol–water partition coefficient (Wildman–Crippen LogP) is 2.12. The highest BCUT2D eigenvalue weighted by molar-refractivity contribution is 7.80. The van der Waals surface area contributed by atoms with Crippen LogP contribution in [-0.4, -0.2) is 41.7 Å². The largest absolute Gasteiger partial charge is 0.362 e. The molecule has 2 rings (SSSR count). The van der Waals surface area contributed by atoms with E-state index in [-0.39, 0.29) is 0 Å². The quantitative estimate of drug-likeness (QED) is 0.765. The van der Waals surface area contributed by atoms with Gasteiger partial charge in [0.05, 0.1) is 0 Å². The first-order valence-corrected chi connectivity index (χ1v) is 7.84. The van der Waals surface area contributed by atoms with Gasteiger partial charge in [0, 0.05) is 25.2 Å². The molecule has 0 bridgehead atoms. The topological polar surface area (TPSA) is 27.3 Å². The fraction of sp³-hybridized carbons (Fsp3) is 0.929. The Balaban J connectivity index is 1.61. The lowest BCUT2D eigenvalue weighted by Gasteiger charge is -2.21. The number of rotatable bonds is 4. The lowest BCUT2D eigenvalue weighted by Crippen LogP contribution is -2.42. The summed E-state index contributed by atoms with van der Waals surface area (Å²) < 4.78 is 0. The maximum absolute atomic E-state index is 5.37. The van der Waals surface area contributed by atoms with E-state index in [1.807, 2.05) is 0 Å². The van der Waals surface area contributed by atoms with Crippen molar-refractivity contribution < 1.29 is 0 Å². The Morgan fingerprint density at radius 1 is 1.28 bits per heavy atom. The standard InChI is InChI=1S/C14H27N3S/c1-11(2)17-8-7-12(10-17)9-15-14(18)16-13-5-3-4-6-13/h11-13H,3-10H2,1-2H3,(H2,15,16,18). The second kappa shape index (κ2) is 6.71. The minimum Gasteiger partial charge on any atom is -0.362 e. The zero-order chi connectivity index (χ0) is 13.0. The minimum absolute atomic E-state index is 0.626. The Bertz CT molecular complexity index is 274. The molecule has 1 saturated heterocycles. The second-order valence-corrected chi connectivity index (χ2v) is 6.49. The molecule has 1 unspecified atom stereocenters. The van der Waals surface area contributed by atoms with Crippen LogP contribution in [0, 0.1) is 5.92 Å². The maximum atomic E-state index is 5.37. The van der Waals surface area contributed by atoms with E-state index in [4.69, 9.17) is 12.2 Å². The predicted molar refractivity (Wildman–Crippen MR) is 80.8 cm³/mol. The van der Waals surface area contributed by atoms with Crippen LogP contribution in [0.25, 0.3) is 0 Å². The molecule has 1 saturated carbocycles. The first-order valence-electron chi connectivity index (χ1n) is 7.43. The molecule has 2 N–H and O–H groups in total. The summed E-state index contributed by atoms with van der Waals surface area (Å²) in [6.45, 7) is 8.05. The van der Waals surface area contributed by atoms with Crippen LogP contribution in [0.2, 0.25) is 0 Å². The van der Waals surface area contributed by atoms with Crippen LogP contribution in [0.5, 0.6) is 0 Å². The number of nitrogens with one attached hydrogen (secondary N) is 2. The summed E-state index contributed by atoms with van der Waals surface area (Å²) in [6.07, 6.45) is 6.58. The van der Waals surface area contributed by atoms with Crippen LogP contribution in [0.3, 0.4) is 0 Å². The third-order valence-corrected chi connectivity index (χ3v) is 4.55. The highest BCUT2D eigenvalue weighted by Gasteiger charge is 2.24. The molecule has 1 aliphatic heterocycles. The van der Waals surface area contributed by atoms with Gasteiger partial charge in [0.15, 0.2) is 5.11 Å². The van der Waals surface area contributed by atoms with E-state index in [1.165, 1.54) is 45.2 Å². The van der Waals surface area contributed by atoms with Gasteiger partial charge >= 0.3 is 0 Å². The van der Waals surface area contributed by atoms with Gasteiger partial charge in [-0.05, 0) is 57.8 Å². The number of hydrogen-bond donors (Lipinski definition) is 2. The Labute approximate surface area is 117 Å². The van der Waals surface area contributed by atoms with Crippen molar-refractivity contribution in [1.82, 2.24) is 15.5 Å². The lowest BCUT2D eigenvalue weighted by molar-refractivity contribution is 0.265. The molecule has 1 aliphatic carbocycles. The van der Waals surface area contributed by atoms with Crippen LogP contribution >= 0.6 is 12.2 Å². The third kappa shape index (κ3) is 4.09. The fourth-order valence-electron chi connectivity index (χ4n) is 3.04. The highest BCUT2D eigenvalue weighted by Crippen LogP contribution is 2.18. The van der Waals surface area contributed by atoms with E-state index in [9.17, 15) is 0 Å². The van der Waals surface area contributed by atoms with Gasteiger partial charge in [-0.3, -0.25) is 0 Å². The SMILES string of the molecule is CC(C)N1CCC(CNC(=S)NC2CCCC2)C1. The van der Waals surface area contributed by atoms with E-state index in [0.717, 1.165) is 17.6 Å². The first kappa shape index (κ1) is 14.1. The molecule has 0 aromatic heterocycles. The summed E-state index contributed by atoms with van der Waals surface area (Å²) in [6, 6.07) is 1.30. The van der Waals surface area contributed by atoms with Gasteiger partial charge in [0.2, 0.25) is 0 Å². The van der Waals surface area contributed by atoms with E-state index < -0.39 is 0 Å². The lowest BCUT2D eigenvalue weighted by atomic mass is 10.1. The van der Waals surface area contributed by atoms with Crippen LogP contribution in [0.15, 0.2) is 0 Å². The van der Waals surface area contributed by atoms with Gasteiger partial charge in [0.1, 0.15) is 0 Å². The Hall–Kier alpha value is -0.350. The molecule has 18 heavy (non-hydrogen) atoms. The molecular weight excluding hydrogens is 242 g/mol. The van der Waals surface area contributed by atoms with Crippen molar-refractivity contribution in [2.24, 2.45) is 5.92 Å². The van der Waals surface area contributed by atoms with E-state index in [2.05, 4.69) is 29.4 Å². The molecule has 3 nitrogen and oxygen atoms in total. The van der Waals surface area contributed by atoms with Crippen molar-refractivity contribution >= 4 is 17.3 Å². The number of hydrogen-bond acceptors (Lipinski definition) is 2. The van der Waals surface area contributed by atoms with Gasteiger partial charge in [-0.15, -0.1) is 0 Å². The minimum atomic E-state index is 0.626. The van der Waals surface area contributed by atoms with E-state index >= 15 is 0 Å². The normalized spacial score (nSPS) is 25.8. The van der Waals surface area contributed by atoms with Crippen molar-refractivity contribution in [3.63, 3.8) is 0 Å². The summed E-state index contributed by atoms with van der Waals surface area (Å²) in [5.41, 5.74) is 0. The van der Waals surface area contributed by atoms with Crippen LogP contribution in [0.1, 0.15) is 46.0 Å². The molecule has 0 spiro atoms. The van der Waals surface area contributed by atoms with Gasteiger partial charge in [-0.2, -0.15) is 0 Å². The van der Waals surface area contributed by atoms with Crippen molar-refractivity contribution in [1.29, 1.82) is 0 Å². The summed E-state index contributed by atoms with van der Waals surface area (Å²) >= 11 is 5.37. The smallest absolute Gasteiger partial charge is 0.166 e. The Kier molecular flexibility index (Phi) is 5.25. The van der Waals surface area contributed by atoms with Crippen molar-refractivity contribution in [3.05, 3.63) is 0 Å². The molecule has 1 heterocycles. The molecule has 104 valence electrons. The van der Waals surface area contributed by atoms with E-state index in [0.29, 0.717) is 12.1 Å². The van der Waals surface area contributed by atoms with Crippen molar-refractivity contribution in [2.45, 2.75) is 58.0 Å². The molecule has 2 fully saturated rings. The zero-order valence-corrected chi connectivity index (χ0v) is 12.6. The first-order chi connectivity index (χ1) is 8.65. The van der Waals surface area contributed by atoms with Gasteiger partial charge in [0.25, 0.3) is 0 Å². The zero-order valence-electron chi connectivity index (χ0n) is 11.7. The third-order valence-electron chi connectivity index (χ3n) is 4.29. The summed E-state index contributed by atoms with van der Waals surface area (Å²) in [5, 5.41) is 7.71. The molecule has 1 atom stereocenters. The van der Waals surface area contributed by atoms with Gasteiger partial charge in [-0.1, -0.05) is 12.8 Å². The molecule has 4 heteroatoms. The monoisotopic (exact) mass is 269 g/mol. The molecule has 2 aliphatic rings. The van der Waals surface area contributed by atoms with E-state index in [1.54, 1.807) is 0 Å². The van der Waals surface area contributed by atoms with Crippen molar-refractivity contribution in [2.75, 3.05) is 19.6 Å². The summed E-state index contributed by atoms with van der Waals surface area (Å²) in [5.74, 6) is 0.760. The number of likely N-dealkylation sites (tertiary alicyclic amines) is 1. The Morgan fingerprint density at radius 3 is 2.61 bits per heavy atom. The molecule has 0 amide bonds. The van der Waals surface area contributed by atoms with Crippen LogP contribution in [0.4, 0.5) is 0 Å². The summed E-state index contributed by atoms with van der Waals surface area (Å²) in [4.78, 5) is 2.56. The molecule has 0 radical (unpaired) electrons. The fourth-order valence-corrected chi connectivity index (χ4v) is 3.29. The number of thiocarbonyl (C=S) groups is 1. The molecular formula is C14H27N3S. The molecule has 0 aromatic rings. The highest BCUT2D eigenvalue weighted by atomic mass is 32.1.